The predicted octanol–water partition coefficient (Wildman–Crippen LogP) is 19.2. The third-order valence-corrected chi connectivity index (χ3v) is 21.7. The summed E-state index contributed by atoms with van der Waals surface area (Å²) in [7, 11) is 0. The average molecular weight is 1550 g/mol. The molecule has 0 aromatic heterocycles. The SMILES string of the molecule is Cc1cc(Cl)cc(CCC(=O)[C@H](C)N)c1O.Cc1cc(Cl)cc(CCC(=O)[C@H](C)NC(=O)[C@@H]2CC[C@@H](Cc3ccc4ccccc4c3)C2)c1O.Cc1cc(Cl)cc(CCC(=O)[C@H](C)NC(=O)[C@@H]2CC[C@@H](Cc3ccc4ccccc4c3)C2)c1O.O=C(O)[C@@H]1CC[C@@H](Cc2ccc3ccccc3c2)C1.O=CC(F)(F)F. The lowest BCUT2D eigenvalue weighted by Gasteiger charge is -2.17. The van der Waals surface area contributed by atoms with Gasteiger partial charge in [-0.15, -0.1) is 0 Å². The van der Waals surface area contributed by atoms with Gasteiger partial charge in [0, 0.05) is 46.2 Å². The Morgan fingerprint density at radius 3 is 1.02 bits per heavy atom. The predicted molar refractivity (Wildman–Crippen MR) is 428 cm³/mol. The fourth-order valence-corrected chi connectivity index (χ4v) is 15.7. The number of aliphatic carboxylic acids is 1. The zero-order valence-electron chi connectivity index (χ0n) is 62.6. The molecule has 0 bridgehead atoms. The van der Waals surface area contributed by atoms with E-state index in [1.807, 2.05) is 0 Å². The number of carboxylic acid groups (broad SMARTS) is 1. The average Bonchev–Trinajstić information content (AvgIpc) is 1.55. The van der Waals surface area contributed by atoms with Crippen LogP contribution in [-0.2, 0) is 72.1 Å². The van der Waals surface area contributed by atoms with Crippen LogP contribution in [0.1, 0.15) is 148 Å². The Labute approximate surface area is 651 Å². The van der Waals surface area contributed by atoms with Crippen LogP contribution in [-0.4, -0.2) is 86.1 Å². The van der Waals surface area contributed by atoms with Crippen molar-refractivity contribution in [2.24, 2.45) is 41.2 Å². The second-order valence-corrected chi connectivity index (χ2v) is 30.9. The van der Waals surface area contributed by atoms with Gasteiger partial charge in [0.15, 0.2) is 11.6 Å². The van der Waals surface area contributed by atoms with Crippen LogP contribution < -0.4 is 16.4 Å². The van der Waals surface area contributed by atoms with Gasteiger partial charge in [0.1, 0.15) is 23.0 Å². The Morgan fingerprint density at radius 2 is 0.734 bits per heavy atom. The van der Waals surface area contributed by atoms with E-state index in [9.17, 15) is 57.3 Å². The summed E-state index contributed by atoms with van der Waals surface area (Å²) >= 11 is 18.0. The number of hydrogen-bond acceptors (Lipinski definition) is 11. The summed E-state index contributed by atoms with van der Waals surface area (Å²) < 4.78 is 31.2. The highest BCUT2D eigenvalue weighted by Crippen LogP contribution is 2.38. The molecule has 578 valence electrons. The summed E-state index contributed by atoms with van der Waals surface area (Å²) in [6.45, 7) is 10.5. The van der Waals surface area contributed by atoms with E-state index in [-0.39, 0.29) is 77.0 Å². The lowest BCUT2D eigenvalue weighted by Crippen LogP contribution is -2.41. The number of rotatable bonds is 23. The van der Waals surface area contributed by atoms with Gasteiger partial charge in [0.25, 0.3) is 0 Å². The standard InChI is InChI=1S/2C29H32ClNO3.C17H18O2.C12H16ClNO2.C2HF3O/c2*1-18-13-26(30)17-24(28(18)33)11-12-27(32)19(2)31-29(34)25-10-8-21(16-25)14-20-7-9-22-5-3-4-6-23(22)15-20;18-17(19)16-8-6-13(11-16)9-12-5-7-14-3-1-2-4-15(14)10-12;1-7-5-10(13)6-9(12(7)16)3-4-11(15)8(2)14;3-2(4,5)1-6/h2*3-7,9,13,15,17,19,21,25,33H,8,10-12,14,16H2,1-2H3,(H,31,34);1-5,7,10,13,16H,6,8-9,11H2,(H,18,19);5-6,8,16H,3-4,14H2,1-2H3;1H/t2*19-,21-,25+;13-,16+;8-;/m0000./s1. The van der Waals surface area contributed by atoms with Crippen molar-refractivity contribution in [1.82, 2.24) is 10.6 Å². The minimum Gasteiger partial charge on any atom is -0.507 e. The number of aryl methyl sites for hydroxylation is 6. The summed E-state index contributed by atoms with van der Waals surface area (Å²) in [5.41, 5.74) is 13.5. The van der Waals surface area contributed by atoms with Crippen molar-refractivity contribution in [3.05, 3.63) is 229 Å². The number of alkyl halides is 3. The van der Waals surface area contributed by atoms with Gasteiger partial charge in [-0.25, -0.2) is 0 Å². The number of aromatic hydroxyl groups is 3. The molecule has 9 aromatic carbocycles. The summed E-state index contributed by atoms with van der Waals surface area (Å²) in [4.78, 5) is 82.0. The van der Waals surface area contributed by atoms with Crippen molar-refractivity contribution in [2.45, 2.75) is 181 Å². The molecular weight excluding hydrogens is 1450 g/mol. The van der Waals surface area contributed by atoms with Crippen molar-refractivity contribution in [2.75, 3.05) is 0 Å². The molecule has 0 spiro atoms. The highest BCUT2D eigenvalue weighted by molar-refractivity contribution is 6.31. The largest absolute Gasteiger partial charge is 0.507 e. The molecule has 12 rings (SSSR count). The molecule has 3 saturated carbocycles. The second-order valence-electron chi connectivity index (χ2n) is 29.6. The van der Waals surface area contributed by atoms with Gasteiger partial charge in [-0.05, 0) is 274 Å². The van der Waals surface area contributed by atoms with E-state index in [4.69, 9.17) is 50.4 Å². The van der Waals surface area contributed by atoms with Crippen molar-refractivity contribution >= 4 is 109 Å². The topological polar surface area (TPSA) is 250 Å². The van der Waals surface area contributed by atoms with E-state index in [1.54, 1.807) is 77.9 Å². The Bertz CT molecular complexity index is 4490. The number of aldehydes is 1. The molecule has 0 saturated heterocycles. The van der Waals surface area contributed by atoms with Gasteiger partial charge >= 0.3 is 12.1 Å². The highest BCUT2D eigenvalue weighted by atomic mass is 35.5. The number of hydrogen-bond donors (Lipinski definition) is 7. The quantitative estimate of drug-likeness (QED) is 0.0295. The molecule has 8 N–H and O–H groups in total. The number of nitrogens with two attached hydrogens (primary N) is 1. The number of halogens is 6. The number of nitrogens with one attached hydrogen (secondary N) is 2. The molecule has 0 heterocycles. The number of carbonyl (C=O) groups excluding carboxylic acids is 6. The molecule has 0 aliphatic heterocycles. The Hall–Kier alpha value is -9.13. The van der Waals surface area contributed by atoms with Crippen LogP contribution in [0.2, 0.25) is 15.1 Å². The van der Waals surface area contributed by atoms with E-state index < -0.39 is 36.6 Å². The number of fused-ring (bicyclic) bond motifs is 3. The zero-order valence-corrected chi connectivity index (χ0v) is 64.8. The maximum atomic E-state index is 12.8. The Morgan fingerprint density at radius 1 is 0.450 bits per heavy atom. The number of benzene rings is 9. The van der Waals surface area contributed by atoms with Crippen molar-refractivity contribution < 1.29 is 67.2 Å². The van der Waals surface area contributed by atoms with Gasteiger partial charge < -0.3 is 36.8 Å². The van der Waals surface area contributed by atoms with E-state index in [2.05, 4.69) is 138 Å². The molecule has 3 aliphatic carbocycles. The summed E-state index contributed by atoms with van der Waals surface area (Å²) in [6.07, 6.45) is 7.53. The van der Waals surface area contributed by atoms with Crippen LogP contribution >= 0.6 is 34.8 Å². The number of phenolic OH excluding ortho intramolecular Hbond substituents is 3. The lowest BCUT2D eigenvalue weighted by molar-refractivity contribution is -0.156. The van der Waals surface area contributed by atoms with Crippen molar-refractivity contribution in [1.29, 1.82) is 0 Å². The van der Waals surface area contributed by atoms with Gasteiger partial charge in [0.05, 0.1) is 24.0 Å². The van der Waals surface area contributed by atoms with Crippen LogP contribution in [0.15, 0.2) is 164 Å². The molecular formula is C89H99Cl3F3N3O11. The first kappa shape index (κ1) is 85.5. The van der Waals surface area contributed by atoms with Gasteiger partial charge in [-0.2, -0.15) is 13.2 Å². The molecule has 0 radical (unpaired) electrons. The fourth-order valence-electron chi connectivity index (χ4n) is 14.8. The molecule has 109 heavy (non-hydrogen) atoms. The van der Waals surface area contributed by atoms with Crippen LogP contribution in [0.25, 0.3) is 32.3 Å². The number of carboxylic acids is 1. The third kappa shape index (κ3) is 26.3. The molecule has 2 amide bonds. The van der Waals surface area contributed by atoms with E-state index >= 15 is 0 Å². The number of phenols is 3. The minimum atomic E-state index is -4.64. The number of Topliss-reactive ketones (excluding diaryl/α,β-unsaturated/α-hetero) is 3. The normalized spacial score (nSPS) is 18.1. The smallest absolute Gasteiger partial charge is 0.446 e. The molecule has 3 aliphatic rings. The monoisotopic (exact) mass is 1550 g/mol. The molecule has 9 aromatic rings. The maximum Gasteiger partial charge on any atom is 0.446 e. The molecule has 14 nitrogen and oxygen atoms in total. The molecule has 0 unspecified atom stereocenters. The van der Waals surface area contributed by atoms with Crippen molar-refractivity contribution in [3.63, 3.8) is 0 Å². The Kier molecular flexibility index (Phi) is 31.8. The summed E-state index contributed by atoms with van der Waals surface area (Å²) in [5.74, 6) is 1.08. The first-order valence-corrected chi connectivity index (χ1v) is 38.5. The number of amides is 2. The zero-order chi connectivity index (χ0) is 79.2. The van der Waals surface area contributed by atoms with Crippen LogP contribution in [0.5, 0.6) is 17.2 Å². The molecule has 9 atom stereocenters. The van der Waals surface area contributed by atoms with Gasteiger partial charge in [-0.3, -0.25) is 33.6 Å². The first-order valence-electron chi connectivity index (χ1n) is 37.4. The second kappa shape index (κ2) is 40.5. The maximum absolute atomic E-state index is 12.8. The summed E-state index contributed by atoms with van der Waals surface area (Å²) in [6, 6.07) is 53.5. The van der Waals surface area contributed by atoms with E-state index in [0.29, 0.717) is 86.3 Å². The van der Waals surface area contributed by atoms with Gasteiger partial charge in [0.2, 0.25) is 18.1 Å². The first-order chi connectivity index (χ1) is 51.8. The van der Waals surface area contributed by atoms with E-state index in [0.717, 1.165) is 82.6 Å². The van der Waals surface area contributed by atoms with Crippen LogP contribution in [0, 0.1) is 56.3 Å². The third-order valence-electron chi connectivity index (χ3n) is 21.0. The minimum absolute atomic E-state index is 0.0166. The number of carbonyl (C=O) groups is 7. The van der Waals surface area contributed by atoms with Crippen LogP contribution in [0.4, 0.5) is 13.2 Å². The van der Waals surface area contributed by atoms with Gasteiger partial charge in [-0.1, -0.05) is 162 Å². The van der Waals surface area contributed by atoms with Crippen molar-refractivity contribution in [3.8, 4) is 17.2 Å². The lowest BCUT2D eigenvalue weighted by atomic mass is 9.95. The highest BCUT2D eigenvalue weighted by Gasteiger charge is 2.34. The number of ketones is 3. The van der Waals surface area contributed by atoms with E-state index in [1.165, 1.54) is 49.0 Å². The summed E-state index contributed by atoms with van der Waals surface area (Å²) in [5, 5.41) is 54.3. The van der Waals surface area contributed by atoms with Crippen LogP contribution in [0.3, 0.4) is 0 Å². The Balaban J connectivity index is 0.000000186. The molecule has 3 fully saturated rings. The molecule has 20 heteroatoms. The fraction of sp³-hybridized carbons (Fsp3) is 0.382.